The van der Waals surface area contributed by atoms with Crippen LogP contribution in [0, 0.1) is 6.92 Å². The van der Waals surface area contributed by atoms with Crippen molar-refractivity contribution in [1.82, 2.24) is 4.98 Å². The number of aromatic amines is 1. The summed E-state index contributed by atoms with van der Waals surface area (Å²) >= 11 is 0. The molecule has 0 saturated carbocycles. The molecule has 2 aromatic carbocycles. The average molecular weight is 222 g/mol. The minimum absolute atomic E-state index is 1.02. The summed E-state index contributed by atoms with van der Waals surface area (Å²) in [5.41, 5.74) is 3.52. The number of aryl methyl sites for hydroxylation is 1. The number of para-hydroxylation sites is 1. The van der Waals surface area contributed by atoms with E-state index in [1.807, 2.05) is 12.1 Å². The molecule has 0 aliphatic rings. The van der Waals surface area contributed by atoms with E-state index in [-0.39, 0.29) is 0 Å². The van der Waals surface area contributed by atoms with Gasteiger partial charge in [-0.2, -0.15) is 0 Å². The van der Waals surface area contributed by atoms with Gasteiger partial charge < -0.3 is 10.3 Å². The van der Waals surface area contributed by atoms with Gasteiger partial charge in [0.15, 0.2) is 0 Å². The highest BCUT2D eigenvalue weighted by Crippen LogP contribution is 2.21. The molecule has 0 unspecified atom stereocenters. The van der Waals surface area contributed by atoms with Gasteiger partial charge >= 0.3 is 0 Å². The summed E-state index contributed by atoms with van der Waals surface area (Å²) in [7, 11) is 0. The predicted octanol–water partition coefficient (Wildman–Crippen LogP) is 4.22. The van der Waals surface area contributed by atoms with Gasteiger partial charge in [-0.25, -0.2) is 0 Å². The van der Waals surface area contributed by atoms with Crippen molar-refractivity contribution in [2.45, 2.75) is 6.92 Å². The lowest BCUT2D eigenvalue weighted by Gasteiger charge is -2.03. The summed E-state index contributed by atoms with van der Waals surface area (Å²) < 4.78 is 0. The third kappa shape index (κ3) is 2.02. The van der Waals surface area contributed by atoms with Crippen LogP contribution in [0.2, 0.25) is 0 Å². The molecule has 1 heterocycles. The van der Waals surface area contributed by atoms with Gasteiger partial charge in [-0.15, -0.1) is 0 Å². The minimum Gasteiger partial charge on any atom is -0.342 e. The lowest BCUT2D eigenvalue weighted by atomic mass is 10.2. The first kappa shape index (κ1) is 9.97. The van der Waals surface area contributed by atoms with Crippen molar-refractivity contribution in [3.05, 3.63) is 60.2 Å². The van der Waals surface area contributed by atoms with Gasteiger partial charge in [0.25, 0.3) is 0 Å². The minimum atomic E-state index is 1.02. The van der Waals surface area contributed by atoms with Crippen molar-refractivity contribution >= 4 is 22.4 Å². The van der Waals surface area contributed by atoms with Crippen molar-refractivity contribution in [3.63, 3.8) is 0 Å². The average Bonchev–Trinajstić information content (AvgIpc) is 2.74. The highest BCUT2D eigenvalue weighted by molar-refractivity contribution is 5.84. The van der Waals surface area contributed by atoms with Gasteiger partial charge in [0, 0.05) is 16.6 Å². The van der Waals surface area contributed by atoms with E-state index in [0.29, 0.717) is 0 Å². The van der Waals surface area contributed by atoms with E-state index < -0.39 is 0 Å². The number of H-pyrrole nitrogens is 1. The maximum Gasteiger partial charge on any atom is 0.108 e. The van der Waals surface area contributed by atoms with Crippen LogP contribution < -0.4 is 5.32 Å². The fraction of sp³-hybridized carbons (Fsp3) is 0.0667. The lowest BCUT2D eigenvalue weighted by Crippen LogP contribution is -1.89. The number of benzene rings is 2. The maximum atomic E-state index is 3.36. The van der Waals surface area contributed by atoms with E-state index in [0.717, 1.165) is 17.0 Å². The summed E-state index contributed by atoms with van der Waals surface area (Å²) in [5, 5.41) is 4.59. The molecule has 3 aromatic rings. The van der Waals surface area contributed by atoms with Gasteiger partial charge in [-0.3, -0.25) is 0 Å². The zero-order valence-electron chi connectivity index (χ0n) is 9.70. The number of hydrogen-bond donors (Lipinski definition) is 2. The van der Waals surface area contributed by atoms with Crippen LogP contribution in [0.15, 0.2) is 54.6 Å². The van der Waals surface area contributed by atoms with Crippen LogP contribution in [0.3, 0.4) is 0 Å². The van der Waals surface area contributed by atoms with Crippen molar-refractivity contribution < 1.29 is 0 Å². The number of fused-ring (bicyclic) bond motifs is 1. The highest BCUT2D eigenvalue weighted by atomic mass is 15.0. The Morgan fingerprint density at radius 2 is 1.71 bits per heavy atom. The zero-order chi connectivity index (χ0) is 11.7. The molecule has 0 atom stereocenters. The van der Waals surface area contributed by atoms with Crippen LogP contribution in [0.5, 0.6) is 0 Å². The van der Waals surface area contributed by atoms with E-state index in [9.17, 15) is 0 Å². The Morgan fingerprint density at radius 1 is 0.941 bits per heavy atom. The molecule has 0 amide bonds. The fourth-order valence-electron chi connectivity index (χ4n) is 1.93. The summed E-state index contributed by atoms with van der Waals surface area (Å²) in [6.45, 7) is 2.09. The number of aromatic nitrogens is 1. The van der Waals surface area contributed by atoms with Gasteiger partial charge in [0.1, 0.15) is 5.82 Å². The van der Waals surface area contributed by atoms with Crippen LogP contribution in [0.25, 0.3) is 10.9 Å². The van der Waals surface area contributed by atoms with Gasteiger partial charge in [0.05, 0.1) is 0 Å². The second kappa shape index (κ2) is 3.98. The number of hydrogen-bond acceptors (Lipinski definition) is 1. The quantitative estimate of drug-likeness (QED) is 0.667. The molecule has 0 radical (unpaired) electrons. The van der Waals surface area contributed by atoms with E-state index in [4.69, 9.17) is 0 Å². The molecule has 0 bridgehead atoms. The lowest BCUT2D eigenvalue weighted by molar-refractivity contribution is 1.40. The van der Waals surface area contributed by atoms with Crippen LogP contribution in [-0.4, -0.2) is 4.98 Å². The summed E-state index contributed by atoms with van der Waals surface area (Å²) in [4.78, 5) is 3.35. The molecule has 0 saturated heterocycles. The fourth-order valence-corrected chi connectivity index (χ4v) is 1.93. The van der Waals surface area contributed by atoms with Gasteiger partial charge in [0.2, 0.25) is 0 Å². The molecule has 0 spiro atoms. The summed E-state index contributed by atoms with van der Waals surface area (Å²) in [6, 6.07) is 18.8. The first-order chi connectivity index (χ1) is 8.31. The van der Waals surface area contributed by atoms with Crippen LogP contribution in [0.4, 0.5) is 11.5 Å². The monoisotopic (exact) mass is 222 g/mol. The van der Waals surface area contributed by atoms with Crippen LogP contribution in [-0.2, 0) is 0 Å². The Hall–Kier alpha value is -2.22. The number of anilines is 2. The number of nitrogens with one attached hydrogen (secondary N) is 2. The Balaban J connectivity index is 1.92. The predicted molar refractivity (Wildman–Crippen MR) is 72.8 cm³/mol. The normalized spacial score (nSPS) is 10.6. The Bertz CT molecular complexity index is 602. The van der Waals surface area contributed by atoms with Crippen molar-refractivity contribution in [2.75, 3.05) is 5.32 Å². The van der Waals surface area contributed by atoms with E-state index in [1.54, 1.807) is 0 Å². The maximum absolute atomic E-state index is 3.36. The molecular weight excluding hydrogens is 208 g/mol. The molecule has 3 rings (SSSR count). The molecular formula is C15H14N2. The van der Waals surface area contributed by atoms with Crippen molar-refractivity contribution in [3.8, 4) is 0 Å². The molecule has 2 nitrogen and oxygen atoms in total. The van der Waals surface area contributed by atoms with Crippen LogP contribution in [0.1, 0.15) is 5.56 Å². The molecule has 1 aromatic heterocycles. The number of rotatable bonds is 2. The molecule has 17 heavy (non-hydrogen) atoms. The Morgan fingerprint density at radius 3 is 2.47 bits per heavy atom. The SMILES string of the molecule is Cc1ccc(Nc2cc3ccccc3[nH]2)cc1. The second-order valence-electron chi connectivity index (χ2n) is 4.26. The second-order valence-corrected chi connectivity index (χ2v) is 4.26. The zero-order valence-corrected chi connectivity index (χ0v) is 9.70. The van der Waals surface area contributed by atoms with E-state index in [2.05, 4.69) is 59.7 Å². The van der Waals surface area contributed by atoms with Crippen molar-refractivity contribution in [1.29, 1.82) is 0 Å². The smallest absolute Gasteiger partial charge is 0.108 e. The molecule has 84 valence electrons. The molecule has 0 fully saturated rings. The third-order valence-corrected chi connectivity index (χ3v) is 2.86. The summed E-state index contributed by atoms with van der Waals surface area (Å²) in [5.74, 6) is 1.02. The molecule has 0 aliphatic carbocycles. The Kier molecular flexibility index (Phi) is 2.33. The summed E-state index contributed by atoms with van der Waals surface area (Å²) in [6.07, 6.45) is 0. The van der Waals surface area contributed by atoms with Gasteiger partial charge in [-0.1, -0.05) is 35.9 Å². The van der Waals surface area contributed by atoms with Crippen LogP contribution >= 0.6 is 0 Å². The topological polar surface area (TPSA) is 27.8 Å². The Labute approximate surface area is 100 Å². The van der Waals surface area contributed by atoms with Crippen molar-refractivity contribution in [2.24, 2.45) is 0 Å². The largest absolute Gasteiger partial charge is 0.342 e. The standard InChI is InChI=1S/C15H14N2/c1-11-6-8-13(9-7-11)16-15-10-12-4-2-3-5-14(12)17-15/h2-10,16-17H,1H3. The highest BCUT2D eigenvalue weighted by Gasteiger charge is 1.99. The molecule has 0 aliphatic heterocycles. The molecule has 2 N–H and O–H groups in total. The molecule has 2 heteroatoms. The van der Waals surface area contributed by atoms with Gasteiger partial charge in [-0.05, 0) is 31.2 Å². The third-order valence-electron chi connectivity index (χ3n) is 2.86. The van der Waals surface area contributed by atoms with E-state index >= 15 is 0 Å². The van der Waals surface area contributed by atoms with E-state index in [1.165, 1.54) is 10.9 Å². The first-order valence-electron chi connectivity index (χ1n) is 5.73. The first-order valence-corrected chi connectivity index (χ1v) is 5.73.